The average molecular weight is 616 g/mol. The van der Waals surface area contributed by atoms with Crippen molar-refractivity contribution in [2.75, 3.05) is 31.3 Å². The topological polar surface area (TPSA) is 105 Å². The maximum atomic E-state index is 14.2. The molecule has 0 radical (unpaired) electrons. The van der Waals surface area contributed by atoms with E-state index in [-0.39, 0.29) is 24.6 Å². The number of rotatable bonds is 12. The predicted octanol–water partition coefficient (Wildman–Crippen LogP) is 4.68. The highest BCUT2D eigenvalue weighted by molar-refractivity contribution is 7.92. The summed E-state index contributed by atoms with van der Waals surface area (Å²) in [7, 11) is -1.04. The first-order valence-electron chi connectivity index (χ1n) is 13.3. The van der Waals surface area contributed by atoms with Gasteiger partial charge in [-0.25, -0.2) is 8.42 Å². The van der Waals surface area contributed by atoms with Crippen molar-refractivity contribution in [3.05, 3.63) is 88.9 Å². The van der Waals surface area contributed by atoms with E-state index in [1.807, 2.05) is 51.1 Å². The molecule has 1 N–H and O–H groups in total. The van der Waals surface area contributed by atoms with Gasteiger partial charge in [0.05, 0.1) is 26.2 Å². The third-order valence-electron chi connectivity index (χ3n) is 6.40. The molecule has 11 heteroatoms. The number of ether oxygens (including phenoxy) is 2. The molecular weight excluding hydrogens is 578 g/mol. The number of nitrogens with one attached hydrogen (secondary N) is 1. The maximum Gasteiger partial charge on any atom is 0.244 e. The lowest BCUT2D eigenvalue weighted by Gasteiger charge is -2.35. The van der Waals surface area contributed by atoms with Gasteiger partial charge in [0, 0.05) is 29.6 Å². The van der Waals surface area contributed by atoms with Crippen molar-refractivity contribution >= 4 is 39.1 Å². The fourth-order valence-electron chi connectivity index (χ4n) is 4.41. The van der Waals surface area contributed by atoms with Crippen molar-refractivity contribution in [3.8, 4) is 11.5 Å². The molecule has 1 atom stereocenters. The Morgan fingerprint density at radius 2 is 1.55 bits per heavy atom. The highest BCUT2D eigenvalue weighted by Gasteiger charge is 2.34. The van der Waals surface area contributed by atoms with Gasteiger partial charge in [0.15, 0.2) is 11.5 Å². The van der Waals surface area contributed by atoms with Gasteiger partial charge in [-0.2, -0.15) is 0 Å². The minimum Gasteiger partial charge on any atom is -0.493 e. The van der Waals surface area contributed by atoms with Gasteiger partial charge in [-0.3, -0.25) is 13.9 Å². The summed E-state index contributed by atoms with van der Waals surface area (Å²) in [6.45, 7) is 4.98. The molecule has 3 aromatic rings. The molecule has 0 heterocycles. The van der Waals surface area contributed by atoms with Crippen LogP contribution in [0.3, 0.4) is 0 Å². The van der Waals surface area contributed by atoms with Crippen LogP contribution < -0.4 is 19.1 Å². The SMILES string of the molecule is COc1ccc(N(CC(=O)N(Cc2ccccc2Cl)[C@@H](Cc2ccccc2)C(=O)NC(C)(C)C)S(C)(=O)=O)cc1OC. The maximum absolute atomic E-state index is 14.2. The minimum absolute atomic E-state index is 0.0168. The van der Waals surface area contributed by atoms with Crippen molar-refractivity contribution < 1.29 is 27.5 Å². The molecule has 0 saturated heterocycles. The number of amides is 2. The van der Waals surface area contributed by atoms with Crippen LogP contribution in [0.2, 0.25) is 5.02 Å². The number of methoxy groups -OCH3 is 2. The number of anilines is 1. The molecule has 0 aromatic heterocycles. The fourth-order valence-corrected chi connectivity index (χ4v) is 5.45. The number of hydrogen-bond donors (Lipinski definition) is 1. The number of sulfonamides is 1. The predicted molar refractivity (Wildman–Crippen MR) is 166 cm³/mol. The van der Waals surface area contributed by atoms with Crippen LogP contribution in [0, 0.1) is 0 Å². The summed E-state index contributed by atoms with van der Waals surface area (Å²) in [5, 5.41) is 3.41. The summed E-state index contributed by atoms with van der Waals surface area (Å²) in [6, 6.07) is 20.0. The summed E-state index contributed by atoms with van der Waals surface area (Å²) in [5.41, 5.74) is 1.08. The zero-order valence-corrected chi connectivity index (χ0v) is 26.3. The monoisotopic (exact) mass is 615 g/mol. The van der Waals surface area contributed by atoms with Gasteiger partial charge in [-0.15, -0.1) is 0 Å². The number of benzene rings is 3. The molecule has 226 valence electrons. The molecule has 0 bridgehead atoms. The summed E-state index contributed by atoms with van der Waals surface area (Å²) in [5.74, 6) is -0.248. The molecular formula is C31H38ClN3O6S. The van der Waals surface area contributed by atoms with Crippen molar-refractivity contribution in [1.29, 1.82) is 0 Å². The van der Waals surface area contributed by atoms with Gasteiger partial charge in [0.1, 0.15) is 12.6 Å². The zero-order chi connectivity index (χ0) is 31.1. The van der Waals surface area contributed by atoms with E-state index >= 15 is 0 Å². The lowest BCUT2D eigenvalue weighted by Crippen LogP contribution is -2.56. The minimum atomic E-state index is -3.94. The Morgan fingerprint density at radius 3 is 2.12 bits per heavy atom. The van der Waals surface area contributed by atoms with E-state index in [9.17, 15) is 18.0 Å². The smallest absolute Gasteiger partial charge is 0.244 e. The normalized spacial score (nSPS) is 12.3. The summed E-state index contributed by atoms with van der Waals surface area (Å²) < 4.78 is 37.7. The van der Waals surface area contributed by atoms with Crippen LogP contribution in [0.1, 0.15) is 31.9 Å². The highest BCUT2D eigenvalue weighted by Crippen LogP contribution is 2.32. The number of hydrogen-bond acceptors (Lipinski definition) is 6. The molecule has 0 saturated carbocycles. The molecule has 0 aliphatic carbocycles. The number of carbonyl (C=O) groups excluding carboxylic acids is 2. The number of halogens is 1. The van der Waals surface area contributed by atoms with Crippen LogP contribution in [-0.2, 0) is 32.6 Å². The molecule has 2 amide bonds. The van der Waals surface area contributed by atoms with Crippen LogP contribution in [-0.4, -0.2) is 63.7 Å². The molecule has 42 heavy (non-hydrogen) atoms. The van der Waals surface area contributed by atoms with Crippen molar-refractivity contribution in [2.45, 2.75) is 45.3 Å². The third kappa shape index (κ3) is 8.87. The van der Waals surface area contributed by atoms with Gasteiger partial charge in [-0.1, -0.05) is 60.1 Å². The second-order valence-corrected chi connectivity index (χ2v) is 13.2. The average Bonchev–Trinajstić information content (AvgIpc) is 2.93. The highest BCUT2D eigenvalue weighted by atomic mass is 35.5. The van der Waals surface area contributed by atoms with Gasteiger partial charge < -0.3 is 19.7 Å². The Kier molecular flexibility index (Phi) is 10.9. The van der Waals surface area contributed by atoms with Crippen LogP contribution in [0.25, 0.3) is 0 Å². The third-order valence-corrected chi connectivity index (χ3v) is 7.91. The number of nitrogens with zero attached hydrogens (tertiary/aromatic N) is 2. The Hall–Kier alpha value is -3.76. The van der Waals surface area contributed by atoms with E-state index in [2.05, 4.69) is 5.32 Å². The first-order chi connectivity index (χ1) is 19.7. The summed E-state index contributed by atoms with van der Waals surface area (Å²) in [4.78, 5) is 29.4. The van der Waals surface area contributed by atoms with Crippen LogP contribution in [0.15, 0.2) is 72.8 Å². The summed E-state index contributed by atoms with van der Waals surface area (Å²) >= 11 is 6.49. The molecule has 0 spiro atoms. The summed E-state index contributed by atoms with van der Waals surface area (Å²) in [6.07, 6.45) is 1.22. The molecule has 0 unspecified atom stereocenters. The van der Waals surface area contributed by atoms with E-state index in [1.54, 1.807) is 30.3 Å². The Labute approximate surface area is 253 Å². The molecule has 0 fully saturated rings. The van der Waals surface area contributed by atoms with Gasteiger partial charge in [0.25, 0.3) is 0 Å². The molecule has 0 aliphatic heterocycles. The van der Waals surface area contributed by atoms with E-state index in [4.69, 9.17) is 21.1 Å². The largest absolute Gasteiger partial charge is 0.493 e. The van der Waals surface area contributed by atoms with Gasteiger partial charge in [-0.05, 0) is 50.1 Å². The molecule has 3 aromatic carbocycles. The fraction of sp³-hybridized carbons (Fsp3) is 0.355. The van der Waals surface area contributed by atoms with Gasteiger partial charge in [0.2, 0.25) is 21.8 Å². The van der Waals surface area contributed by atoms with Crippen LogP contribution in [0.5, 0.6) is 11.5 Å². The zero-order valence-electron chi connectivity index (χ0n) is 24.8. The first-order valence-corrected chi connectivity index (χ1v) is 15.5. The second kappa shape index (κ2) is 13.9. The van der Waals surface area contributed by atoms with Crippen LogP contribution in [0.4, 0.5) is 5.69 Å². The van der Waals surface area contributed by atoms with E-state index in [0.29, 0.717) is 22.1 Å². The second-order valence-electron chi connectivity index (χ2n) is 10.9. The van der Waals surface area contributed by atoms with Crippen molar-refractivity contribution in [1.82, 2.24) is 10.2 Å². The standard InChI is InChI=1S/C31H38ClN3O6S/c1-31(2,3)33-30(37)26(18-22-12-8-7-9-13-22)34(20-23-14-10-11-15-25(23)32)29(36)21-35(42(6,38)39)24-16-17-27(40-4)28(19-24)41-5/h7-17,19,26H,18,20-21H2,1-6H3,(H,33,37)/t26-/m0/s1. The molecule has 3 rings (SSSR count). The lowest BCUT2D eigenvalue weighted by atomic mass is 10.0. The van der Waals surface area contributed by atoms with Gasteiger partial charge >= 0.3 is 0 Å². The van der Waals surface area contributed by atoms with E-state index < -0.39 is 34.1 Å². The van der Waals surface area contributed by atoms with Crippen LogP contribution >= 0.6 is 11.6 Å². The van der Waals surface area contributed by atoms with E-state index in [1.165, 1.54) is 31.3 Å². The van der Waals surface area contributed by atoms with Crippen molar-refractivity contribution in [2.24, 2.45) is 0 Å². The molecule has 0 aliphatic rings. The Bertz CT molecular complexity index is 1490. The molecule has 9 nitrogen and oxygen atoms in total. The quantitative estimate of drug-likeness (QED) is 0.317. The number of carbonyl (C=O) groups is 2. The Morgan fingerprint density at radius 1 is 0.929 bits per heavy atom. The van der Waals surface area contributed by atoms with E-state index in [0.717, 1.165) is 16.1 Å². The first kappa shape index (κ1) is 32.8. The Balaban J connectivity index is 2.11. The van der Waals surface area contributed by atoms with Crippen molar-refractivity contribution in [3.63, 3.8) is 0 Å². The lowest BCUT2D eigenvalue weighted by molar-refractivity contribution is -0.140.